The van der Waals surface area contributed by atoms with E-state index in [9.17, 15) is 17.6 Å². The number of nitrogens with zero attached hydrogens (tertiary/aromatic N) is 1. The normalized spacial score (nSPS) is 11.9. The zero-order chi connectivity index (χ0) is 18.9. The number of rotatable bonds is 8. The van der Waals surface area contributed by atoms with Gasteiger partial charge in [0, 0.05) is 19.3 Å². The van der Waals surface area contributed by atoms with E-state index < -0.39 is 15.7 Å². The number of hydrogen-bond donors (Lipinski definition) is 3. The van der Waals surface area contributed by atoms with E-state index in [1.54, 1.807) is 0 Å². The summed E-state index contributed by atoms with van der Waals surface area (Å²) in [4.78, 5) is 15.8. The molecule has 0 radical (unpaired) electrons. The van der Waals surface area contributed by atoms with Gasteiger partial charge in [-0.05, 0) is 37.1 Å². The van der Waals surface area contributed by atoms with Gasteiger partial charge in [0.05, 0.1) is 18.8 Å². The highest BCUT2D eigenvalue weighted by molar-refractivity contribution is 7.89. The zero-order valence-corrected chi connectivity index (χ0v) is 15.5. The van der Waals surface area contributed by atoms with Gasteiger partial charge in [-0.3, -0.25) is 4.79 Å². The lowest BCUT2D eigenvalue weighted by molar-refractivity contribution is -0.119. The molecular formula is C16H25FN4O3S. The second-order valence-corrected chi connectivity index (χ2v) is 7.63. The topological polar surface area (TPSA) is 99.7 Å². The Morgan fingerprint density at radius 3 is 2.40 bits per heavy atom. The van der Waals surface area contributed by atoms with Crippen LogP contribution in [0, 0.1) is 5.82 Å². The number of sulfone groups is 1. The minimum Gasteiger partial charge on any atom is -0.357 e. The maximum absolute atomic E-state index is 13.5. The number of carbonyl (C=O) groups excluding carboxylic acids is 1. The Balaban J connectivity index is 2.90. The van der Waals surface area contributed by atoms with Crippen LogP contribution in [-0.4, -0.2) is 46.2 Å². The maximum atomic E-state index is 13.5. The predicted octanol–water partition coefficient (Wildman–Crippen LogP) is 0.562. The highest BCUT2D eigenvalue weighted by Crippen LogP contribution is 2.15. The molecule has 3 N–H and O–H groups in total. The molecule has 0 aliphatic rings. The van der Waals surface area contributed by atoms with Gasteiger partial charge in [-0.25, -0.2) is 17.8 Å². The zero-order valence-electron chi connectivity index (χ0n) is 14.7. The van der Waals surface area contributed by atoms with Crippen molar-refractivity contribution < 1.29 is 17.6 Å². The summed E-state index contributed by atoms with van der Waals surface area (Å²) in [5, 5.41) is 8.51. The fourth-order valence-corrected chi connectivity index (χ4v) is 2.94. The summed E-state index contributed by atoms with van der Waals surface area (Å²) < 4.78 is 36.5. The largest absolute Gasteiger partial charge is 0.357 e. The van der Waals surface area contributed by atoms with Crippen molar-refractivity contribution in [3.63, 3.8) is 0 Å². The molecule has 9 heteroatoms. The summed E-state index contributed by atoms with van der Waals surface area (Å²) in [5.41, 5.74) is 0.993. The first-order valence-corrected chi connectivity index (χ1v) is 10.0. The number of guanidine groups is 1. The summed E-state index contributed by atoms with van der Waals surface area (Å²) in [6, 6.07) is 3.96. The van der Waals surface area contributed by atoms with Crippen molar-refractivity contribution in [3.8, 4) is 0 Å². The molecule has 0 aliphatic heterocycles. The molecule has 1 rings (SSSR count). The molecule has 1 aromatic rings. The quantitative estimate of drug-likeness (QED) is 0.457. The van der Waals surface area contributed by atoms with Crippen LogP contribution in [0.3, 0.4) is 0 Å². The van der Waals surface area contributed by atoms with E-state index >= 15 is 0 Å². The van der Waals surface area contributed by atoms with Crippen LogP contribution in [0.4, 0.5) is 4.39 Å². The monoisotopic (exact) mass is 372 g/mol. The van der Waals surface area contributed by atoms with Crippen LogP contribution in [0.15, 0.2) is 23.2 Å². The SMILES string of the molecule is CCNC(=O)CNC(=NCc1cc(F)ccc1CS(C)(=O)=O)NCC. The molecule has 0 saturated carbocycles. The summed E-state index contributed by atoms with van der Waals surface area (Å²) in [5.74, 6) is -0.413. The number of aliphatic imine (C=N–C) groups is 1. The number of halogens is 1. The van der Waals surface area contributed by atoms with Crippen molar-refractivity contribution >= 4 is 21.7 Å². The Morgan fingerprint density at radius 2 is 1.80 bits per heavy atom. The van der Waals surface area contributed by atoms with Gasteiger partial charge in [-0.15, -0.1) is 0 Å². The highest BCUT2D eigenvalue weighted by Gasteiger charge is 2.11. The first kappa shape index (κ1) is 20.9. The van der Waals surface area contributed by atoms with E-state index in [-0.39, 0.29) is 24.7 Å². The Kier molecular flexibility index (Phi) is 8.33. The van der Waals surface area contributed by atoms with E-state index in [2.05, 4.69) is 20.9 Å². The molecule has 25 heavy (non-hydrogen) atoms. The molecule has 0 spiro atoms. The van der Waals surface area contributed by atoms with Gasteiger partial charge in [0.25, 0.3) is 0 Å². The Hall–Kier alpha value is -2.16. The van der Waals surface area contributed by atoms with Gasteiger partial charge < -0.3 is 16.0 Å². The lowest BCUT2D eigenvalue weighted by Gasteiger charge is -2.12. The minimum absolute atomic E-state index is 0.0546. The lowest BCUT2D eigenvalue weighted by atomic mass is 10.1. The summed E-state index contributed by atoms with van der Waals surface area (Å²) >= 11 is 0. The molecule has 0 saturated heterocycles. The van der Waals surface area contributed by atoms with Gasteiger partial charge in [0.15, 0.2) is 15.8 Å². The number of amides is 1. The van der Waals surface area contributed by atoms with Gasteiger partial charge in [0.1, 0.15) is 5.82 Å². The average molecular weight is 372 g/mol. The molecule has 7 nitrogen and oxygen atoms in total. The van der Waals surface area contributed by atoms with Crippen molar-refractivity contribution in [1.29, 1.82) is 0 Å². The first-order valence-electron chi connectivity index (χ1n) is 7.99. The van der Waals surface area contributed by atoms with E-state index in [0.717, 1.165) is 6.26 Å². The van der Waals surface area contributed by atoms with E-state index in [4.69, 9.17) is 0 Å². The fraction of sp³-hybridized carbons (Fsp3) is 0.500. The number of carbonyl (C=O) groups is 1. The van der Waals surface area contributed by atoms with Crippen molar-refractivity contribution in [2.45, 2.75) is 26.1 Å². The molecule has 140 valence electrons. The van der Waals surface area contributed by atoms with Crippen LogP contribution in [0.1, 0.15) is 25.0 Å². The minimum atomic E-state index is -3.24. The van der Waals surface area contributed by atoms with Crippen molar-refractivity contribution in [3.05, 3.63) is 35.1 Å². The third-order valence-corrected chi connectivity index (χ3v) is 3.96. The van der Waals surface area contributed by atoms with Gasteiger partial charge in [-0.2, -0.15) is 0 Å². The van der Waals surface area contributed by atoms with Crippen LogP contribution in [0.5, 0.6) is 0 Å². The van der Waals surface area contributed by atoms with Crippen LogP contribution in [0.25, 0.3) is 0 Å². The van der Waals surface area contributed by atoms with Crippen molar-refractivity contribution in [2.75, 3.05) is 25.9 Å². The second-order valence-electron chi connectivity index (χ2n) is 5.49. The molecule has 0 atom stereocenters. The van der Waals surface area contributed by atoms with E-state index in [1.807, 2.05) is 13.8 Å². The van der Waals surface area contributed by atoms with Gasteiger partial charge in [0.2, 0.25) is 5.91 Å². The van der Waals surface area contributed by atoms with Gasteiger partial charge in [-0.1, -0.05) is 6.07 Å². The van der Waals surface area contributed by atoms with E-state index in [0.29, 0.717) is 30.2 Å². The van der Waals surface area contributed by atoms with Crippen LogP contribution >= 0.6 is 0 Å². The summed E-state index contributed by atoms with van der Waals surface area (Å²) in [6.45, 7) is 4.96. The summed E-state index contributed by atoms with van der Waals surface area (Å²) in [7, 11) is -3.24. The lowest BCUT2D eigenvalue weighted by Crippen LogP contribution is -2.43. The number of benzene rings is 1. The first-order chi connectivity index (χ1) is 11.7. The molecule has 0 aromatic heterocycles. The predicted molar refractivity (Wildman–Crippen MR) is 96.4 cm³/mol. The summed E-state index contributed by atoms with van der Waals surface area (Å²) in [6.07, 6.45) is 1.13. The van der Waals surface area contributed by atoms with E-state index in [1.165, 1.54) is 18.2 Å². The molecular weight excluding hydrogens is 347 g/mol. The Labute approximate surface area is 148 Å². The number of hydrogen-bond acceptors (Lipinski definition) is 4. The maximum Gasteiger partial charge on any atom is 0.239 e. The molecule has 0 bridgehead atoms. The smallest absolute Gasteiger partial charge is 0.239 e. The molecule has 0 heterocycles. The van der Waals surface area contributed by atoms with Crippen LogP contribution in [-0.2, 0) is 26.9 Å². The molecule has 1 aromatic carbocycles. The number of likely N-dealkylation sites (N-methyl/N-ethyl adjacent to an activating group) is 1. The highest BCUT2D eigenvalue weighted by atomic mass is 32.2. The third kappa shape index (κ3) is 8.48. The Morgan fingerprint density at radius 1 is 1.12 bits per heavy atom. The van der Waals surface area contributed by atoms with Crippen molar-refractivity contribution in [1.82, 2.24) is 16.0 Å². The second kappa shape index (κ2) is 9.97. The molecule has 1 amide bonds. The van der Waals surface area contributed by atoms with Crippen LogP contribution < -0.4 is 16.0 Å². The number of nitrogens with one attached hydrogen (secondary N) is 3. The third-order valence-electron chi connectivity index (χ3n) is 3.13. The molecule has 0 fully saturated rings. The standard InChI is InChI=1S/C16H25FN4O3S/c1-4-18-15(22)10-21-16(19-5-2)20-9-13-8-14(17)7-6-12(13)11-25(3,23)24/h6-8H,4-5,9-11H2,1-3H3,(H,18,22)(H2,19,20,21). The van der Waals surface area contributed by atoms with Crippen LogP contribution in [0.2, 0.25) is 0 Å². The van der Waals surface area contributed by atoms with Crippen molar-refractivity contribution in [2.24, 2.45) is 4.99 Å². The average Bonchev–Trinajstić information content (AvgIpc) is 2.51. The molecule has 0 unspecified atom stereocenters. The fourth-order valence-electron chi connectivity index (χ4n) is 2.09. The Bertz CT molecular complexity index is 720. The van der Waals surface area contributed by atoms with Gasteiger partial charge >= 0.3 is 0 Å². The molecule has 0 aliphatic carbocycles.